The van der Waals surface area contributed by atoms with E-state index in [1.54, 1.807) is 24.4 Å². The molecule has 2 aromatic carbocycles. The Morgan fingerprint density at radius 1 is 1.00 bits per heavy atom. The van der Waals surface area contributed by atoms with Gasteiger partial charge in [0.05, 0.1) is 28.3 Å². The number of fused-ring (bicyclic) bond motifs is 1. The number of aromatic nitrogens is 1. The Labute approximate surface area is 137 Å². The highest BCUT2D eigenvalue weighted by Crippen LogP contribution is 2.31. The highest BCUT2D eigenvalue weighted by atomic mass is 32.2. The number of pyridine rings is 1. The molecular weight excluding hydrogens is 330 g/mol. The topological polar surface area (TPSA) is 144 Å². The van der Waals surface area contributed by atoms with Crippen molar-refractivity contribution in [2.24, 2.45) is 10.2 Å². The maximum atomic E-state index is 11.1. The SMILES string of the molecule is Nc1cc(N=Nc2ccc(N)c3ncccc23)ccc1S(=O)(=O)O. The number of hydrogen-bond acceptors (Lipinski definition) is 7. The molecule has 3 rings (SSSR count). The monoisotopic (exact) mass is 343 g/mol. The van der Waals surface area contributed by atoms with Gasteiger partial charge < -0.3 is 11.5 Å². The fraction of sp³-hybridized carbons (Fsp3) is 0. The minimum atomic E-state index is -4.37. The van der Waals surface area contributed by atoms with Crippen LogP contribution < -0.4 is 11.5 Å². The molecule has 1 heterocycles. The fourth-order valence-corrected chi connectivity index (χ4v) is 2.81. The average Bonchev–Trinajstić information content (AvgIpc) is 2.53. The maximum Gasteiger partial charge on any atom is 0.296 e. The first-order chi connectivity index (χ1) is 11.4. The molecule has 0 spiro atoms. The Morgan fingerprint density at radius 2 is 1.79 bits per heavy atom. The van der Waals surface area contributed by atoms with Crippen molar-refractivity contribution in [3.05, 3.63) is 48.7 Å². The molecule has 8 nitrogen and oxygen atoms in total. The van der Waals surface area contributed by atoms with Crippen molar-refractivity contribution >= 4 is 43.8 Å². The first-order valence-corrected chi connectivity index (χ1v) is 8.22. The van der Waals surface area contributed by atoms with Crippen LogP contribution in [-0.2, 0) is 10.1 Å². The van der Waals surface area contributed by atoms with Gasteiger partial charge in [0.1, 0.15) is 4.90 Å². The maximum absolute atomic E-state index is 11.1. The quantitative estimate of drug-likeness (QED) is 0.378. The van der Waals surface area contributed by atoms with Crippen LogP contribution in [0.15, 0.2) is 63.8 Å². The summed E-state index contributed by atoms with van der Waals surface area (Å²) in [5.74, 6) is 0. The molecule has 5 N–H and O–H groups in total. The number of nitrogens with zero attached hydrogens (tertiary/aromatic N) is 3. The fourth-order valence-electron chi connectivity index (χ4n) is 2.21. The van der Waals surface area contributed by atoms with E-state index in [1.165, 1.54) is 18.2 Å². The number of benzene rings is 2. The van der Waals surface area contributed by atoms with E-state index in [1.807, 2.05) is 6.07 Å². The molecule has 122 valence electrons. The Bertz CT molecular complexity index is 1060. The van der Waals surface area contributed by atoms with E-state index in [4.69, 9.17) is 16.0 Å². The summed E-state index contributed by atoms with van der Waals surface area (Å²) < 4.78 is 31.3. The van der Waals surface area contributed by atoms with Crippen molar-refractivity contribution in [3.63, 3.8) is 0 Å². The molecule has 0 saturated carbocycles. The number of rotatable bonds is 3. The van der Waals surface area contributed by atoms with Gasteiger partial charge in [-0.3, -0.25) is 9.54 Å². The first-order valence-electron chi connectivity index (χ1n) is 6.78. The second-order valence-corrected chi connectivity index (χ2v) is 6.36. The standard InChI is InChI=1S/C15H13N5O3S/c16-11-4-5-13(10-2-1-7-18-15(10)11)20-19-9-3-6-14(12(17)8-9)24(21,22)23/h1-8H,16-17H2,(H,21,22,23). The van der Waals surface area contributed by atoms with Gasteiger partial charge in [0.2, 0.25) is 0 Å². The largest absolute Gasteiger partial charge is 0.398 e. The van der Waals surface area contributed by atoms with Gasteiger partial charge in [0, 0.05) is 11.6 Å². The average molecular weight is 343 g/mol. The zero-order valence-electron chi connectivity index (χ0n) is 12.3. The summed E-state index contributed by atoms with van der Waals surface area (Å²) in [5, 5.41) is 8.92. The first kappa shape index (κ1) is 15.8. The van der Waals surface area contributed by atoms with Crippen LogP contribution in [0.25, 0.3) is 10.9 Å². The third-order valence-corrected chi connectivity index (χ3v) is 4.25. The summed E-state index contributed by atoms with van der Waals surface area (Å²) in [4.78, 5) is 3.84. The van der Waals surface area contributed by atoms with Crippen LogP contribution in [0.5, 0.6) is 0 Å². The summed E-state index contributed by atoms with van der Waals surface area (Å²) in [6.07, 6.45) is 1.63. The molecule has 0 aliphatic rings. The molecule has 0 amide bonds. The van der Waals surface area contributed by atoms with Crippen LogP contribution in [0, 0.1) is 0 Å². The molecule has 9 heteroatoms. The molecule has 0 fully saturated rings. The van der Waals surface area contributed by atoms with Gasteiger partial charge in [-0.25, -0.2) is 0 Å². The van der Waals surface area contributed by atoms with Gasteiger partial charge in [-0.2, -0.15) is 13.5 Å². The second kappa shape index (κ2) is 5.87. The zero-order chi connectivity index (χ0) is 17.3. The minimum absolute atomic E-state index is 0.113. The Balaban J connectivity index is 2.01. The number of hydrogen-bond donors (Lipinski definition) is 3. The predicted molar refractivity (Wildman–Crippen MR) is 91.0 cm³/mol. The van der Waals surface area contributed by atoms with Crippen molar-refractivity contribution in [3.8, 4) is 0 Å². The lowest BCUT2D eigenvalue weighted by Gasteiger charge is -2.04. The van der Waals surface area contributed by atoms with Crippen molar-refractivity contribution in [2.45, 2.75) is 4.90 Å². The number of nitrogen functional groups attached to an aromatic ring is 2. The molecule has 3 aromatic rings. The van der Waals surface area contributed by atoms with Crippen LogP contribution in [0.1, 0.15) is 0 Å². The molecule has 1 aromatic heterocycles. The van der Waals surface area contributed by atoms with Crippen molar-refractivity contribution in [1.82, 2.24) is 4.98 Å². The van der Waals surface area contributed by atoms with E-state index in [-0.39, 0.29) is 10.6 Å². The Kier molecular flexibility index (Phi) is 3.87. The van der Waals surface area contributed by atoms with E-state index < -0.39 is 10.1 Å². The van der Waals surface area contributed by atoms with Crippen LogP contribution in [0.4, 0.5) is 22.7 Å². The van der Waals surface area contributed by atoms with Crippen LogP contribution in [0.3, 0.4) is 0 Å². The summed E-state index contributed by atoms with van der Waals surface area (Å²) in [5.41, 5.74) is 13.4. The highest BCUT2D eigenvalue weighted by Gasteiger charge is 2.13. The molecule has 0 aliphatic carbocycles. The third-order valence-electron chi connectivity index (χ3n) is 3.32. The molecule has 0 radical (unpaired) electrons. The van der Waals surface area contributed by atoms with Gasteiger partial charge in [-0.15, -0.1) is 5.11 Å². The lowest BCUT2D eigenvalue weighted by molar-refractivity contribution is 0.483. The van der Waals surface area contributed by atoms with E-state index >= 15 is 0 Å². The van der Waals surface area contributed by atoms with Crippen molar-refractivity contribution < 1.29 is 13.0 Å². The second-order valence-electron chi connectivity index (χ2n) is 4.97. The molecular formula is C15H13N5O3S. The Morgan fingerprint density at radius 3 is 2.50 bits per heavy atom. The molecule has 0 unspecified atom stereocenters. The van der Waals surface area contributed by atoms with Gasteiger partial charge in [-0.05, 0) is 42.5 Å². The van der Waals surface area contributed by atoms with Gasteiger partial charge in [-0.1, -0.05) is 0 Å². The van der Waals surface area contributed by atoms with Crippen LogP contribution >= 0.6 is 0 Å². The summed E-state index contributed by atoms with van der Waals surface area (Å²) in [6.45, 7) is 0. The predicted octanol–water partition coefficient (Wildman–Crippen LogP) is 3.06. The number of anilines is 2. The van der Waals surface area contributed by atoms with E-state index in [0.717, 1.165) is 5.39 Å². The lowest BCUT2D eigenvalue weighted by Crippen LogP contribution is -2.02. The minimum Gasteiger partial charge on any atom is -0.398 e. The molecule has 0 bridgehead atoms. The van der Waals surface area contributed by atoms with Crippen LogP contribution in [0.2, 0.25) is 0 Å². The summed E-state index contributed by atoms with van der Waals surface area (Å²) >= 11 is 0. The van der Waals surface area contributed by atoms with Crippen LogP contribution in [-0.4, -0.2) is 18.0 Å². The van der Waals surface area contributed by atoms with E-state index in [2.05, 4.69) is 15.2 Å². The van der Waals surface area contributed by atoms with E-state index in [0.29, 0.717) is 22.6 Å². The molecule has 24 heavy (non-hydrogen) atoms. The normalized spacial score (nSPS) is 12.0. The van der Waals surface area contributed by atoms with E-state index in [9.17, 15) is 8.42 Å². The summed E-state index contributed by atoms with van der Waals surface area (Å²) in [6, 6.07) is 10.8. The molecule has 0 atom stereocenters. The highest BCUT2D eigenvalue weighted by molar-refractivity contribution is 7.86. The smallest absolute Gasteiger partial charge is 0.296 e. The lowest BCUT2D eigenvalue weighted by atomic mass is 10.1. The van der Waals surface area contributed by atoms with Gasteiger partial charge in [0.25, 0.3) is 10.1 Å². The molecule has 0 saturated heterocycles. The van der Waals surface area contributed by atoms with Crippen molar-refractivity contribution in [1.29, 1.82) is 0 Å². The van der Waals surface area contributed by atoms with Gasteiger partial charge in [0.15, 0.2) is 0 Å². The van der Waals surface area contributed by atoms with Crippen molar-refractivity contribution in [2.75, 3.05) is 11.5 Å². The number of nitrogens with two attached hydrogens (primary N) is 2. The molecule has 0 aliphatic heterocycles. The summed E-state index contributed by atoms with van der Waals surface area (Å²) in [7, 11) is -4.37. The Hall–Kier alpha value is -3.04. The number of azo groups is 1. The zero-order valence-corrected chi connectivity index (χ0v) is 13.1. The van der Waals surface area contributed by atoms with Gasteiger partial charge >= 0.3 is 0 Å². The third kappa shape index (κ3) is 3.03.